The number of hydrogen-bond acceptors (Lipinski definition) is 4. The lowest BCUT2D eigenvalue weighted by Gasteiger charge is -2.19. The van der Waals surface area contributed by atoms with E-state index < -0.39 is 10.0 Å². The molecule has 5 nitrogen and oxygen atoms in total. The first-order chi connectivity index (χ1) is 14.4. The van der Waals surface area contributed by atoms with Crippen LogP contribution in [0, 0.1) is 0 Å². The topological polar surface area (TPSA) is 72.5 Å². The number of carbonyl (C=O) groups is 1. The van der Waals surface area contributed by atoms with Crippen molar-refractivity contribution in [1.29, 1.82) is 0 Å². The lowest BCUT2D eigenvalue weighted by molar-refractivity contribution is -0.140. The predicted octanol–water partition coefficient (Wildman–Crippen LogP) is 5.44. The number of ether oxygens (including phenoxy) is 1. The van der Waals surface area contributed by atoms with Gasteiger partial charge in [0.25, 0.3) is 0 Å². The van der Waals surface area contributed by atoms with Crippen LogP contribution in [0.3, 0.4) is 0 Å². The largest absolute Gasteiger partial charge is 0.469 e. The van der Waals surface area contributed by atoms with Crippen molar-refractivity contribution in [3.8, 4) is 0 Å². The molecule has 0 heterocycles. The SMILES string of the molecule is CCCCC(NS(=O)(=O)c1ccc(Cl)cc1)c1ccc(CCCCC(=O)OC)cc1. The van der Waals surface area contributed by atoms with Crippen LogP contribution in [0.4, 0.5) is 0 Å². The first-order valence-corrected chi connectivity index (χ1v) is 12.2. The van der Waals surface area contributed by atoms with Gasteiger partial charge in [0.15, 0.2) is 0 Å². The summed E-state index contributed by atoms with van der Waals surface area (Å²) in [5.74, 6) is -0.183. The molecule has 2 aromatic rings. The van der Waals surface area contributed by atoms with E-state index in [1.165, 1.54) is 24.8 Å². The van der Waals surface area contributed by atoms with Gasteiger partial charge in [-0.2, -0.15) is 0 Å². The standard InChI is InChI=1S/C23H30ClNO4S/c1-3-4-8-22(25-30(27,28)21-16-14-20(24)15-17-21)19-12-10-18(11-13-19)7-5-6-9-23(26)29-2/h10-17,22,25H,3-9H2,1-2H3. The van der Waals surface area contributed by atoms with E-state index in [4.69, 9.17) is 11.6 Å². The first-order valence-electron chi connectivity index (χ1n) is 10.3. The molecule has 0 radical (unpaired) electrons. The molecule has 0 fully saturated rings. The van der Waals surface area contributed by atoms with Gasteiger partial charge < -0.3 is 4.74 Å². The van der Waals surface area contributed by atoms with Crippen molar-refractivity contribution in [3.05, 3.63) is 64.7 Å². The number of sulfonamides is 1. The number of unbranched alkanes of at least 4 members (excludes halogenated alkanes) is 2. The van der Waals surface area contributed by atoms with Crippen LogP contribution in [0.5, 0.6) is 0 Å². The highest BCUT2D eigenvalue weighted by Gasteiger charge is 2.21. The molecule has 2 rings (SSSR count). The smallest absolute Gasteiger partial charge is 0.305 e. The zero-order chi connectivity index (χ0) is 22.0. The van der Waals surface area contributed by atoms with Crippen LogP contribution >= 0.6 is 11.6 Å². The third kappa shape index (κ3) is 7.74. The molecule has 0 saturated heterocycles. The summed E-state index contributed by atoms with van der Waals surface area (Å²) >= 11 is 5.88. The van der Waals surface area contributed by atoms with Gasteiger partial charge in [0, 0.05) is 17.5 Å². The van der Waals surface area contributed by atoms with Gasteiger partial charge in [-0.3, -0.25) is 4.79 Å². The number of rotatable bonds is 12. The van der Waals surface area contributed by atoms with Crippen LogP contribution in [-0.4, -0.2) is 21.5 Å². The molecule has 1 unspecified atom stereocenters. The second-order valence-electron chi connectivity index (χ2n) is 7.29. The number of carbonyl (C=O) groups excluding carboxylic acids is 1. The third-order valence-corrected chi connectivity index (χ3v) is 6.71. The summed E-state index contributed by atoms with van der Waals surface area (Å²) in [4.78, 5) is 11.4. The first kappa shape index (κ1) is 24.4. The van der Waals surface area contributed by atoms with Crippen molar-refractivity contribution in [2.75, 3.05) is 7.11 Å². The molecule has 7 heteroatoms. The van der Waals surface area contributed by atoms with E-state index in [1.54, 1.807) is 12.1 Å². The Hall–Kier alpha value is -1.89. The molecular formula is C23H30ClNO4S. The van der Waals surface area contributed by atoms with Gasteiger partial charge in [-0.25, -0.2) is 13.1 Å². The van der Waals surface area contributed by atoms with Crippen LogP contribution in [0.2, 0.25) is 5.02 Å². The lowest BCUT2D eigenvalue weighted by atomic mass is 9.99. The van der Waals surface area contributed by atoms with Gasteiger partial charge in [0.1, 0.15) is 0 Å². The molecule has 1 atom stereocenters. The van der Waals surface area contributed by atoms with Crippen LogP contribution in [0.25, 0.3) is 0 Å². The summed E-state index contributed by atoms with van der Waals surface area (Å²) in [5, 5.41) is 0.499. The molecule has 0 aliphatic rings. The van der Waals surface area contributed by atoms with Crippen LogP contribution in [0.1, 0.15) is 62.6 Å². The zero-order valence-electron chi connectivity index (χ0n) is 17.6. The molecule has 164 valence electrons. The van der Waals surface area contributed by atoms with Crippen molar-refractivity contribution >= 4 is 27.6 Å². The Balaban J connectivity index is 2.05. The summed E-state index contributed by atoms with van der Waals surface area (Å²) in [6.45, 7) is 2.09. The molecule has 0 aliphatic heterocycles. The quantitative estimate of drug-likeness (QED) is 0.344. The second-order valence-corrected chi connectivity index (χ2v) is 9.45. The van der Waals surface area contributed by atoms with Crippen molar-refractivity contribution < 1.29 is 17.9 Å². The fourth-order valence-electron chi connectivity index (χ4n) is 3.19. The highest BCUT2D eigenvalue weighted by Crippen LogP contribution is 2.24. The van der Waals surface area contributed by atoms with Gasteiger partial charge in [-0.05, 0) is 61.1 Å². The third-order valence-electron chi connectivity index (χ3n) is 4.97. The Morgan fingerprint density at radius 2 is 1.70 bits per heavy atom. The predicted molar refractivity (Wildman–Crippen MR) is 120 cm³/mol. The molecule has 2 aromatic carbocycles. The molecule has 0 aliphatic carbocycles. The summed E-state index contributed by atoms with van der Waals surface area (Å²) in [6, 6.07) is 13.9. The Morgan fingerprint density at radius 3 is 2.30 bits per heavy atom. The number of aryl methyl sites for hydroxylation is 1. The molecule has 0 amide bonds. The number of benzene rings is 2. The summed E-state index contributed by atoms with van der Waals surface area (Å²) in [6.07, 6.45) is 5.61. The van der Waals surface area contributed by atoms with Crippen molar-refractivity contribution in [1.82, 2.24) is 4.72 Å². The van der Waals surface area contributed by atoms with Gasteiger partial charge >= 0.3 is 5.97 Å². The summed E-state index contributed by atoms with van der Waals surface area (Å²) < 4.78 is 33.1. The van der Waals surface area contributed by atoms with E-state index in [1.807, 2.05) is 24.3 Å². The van der Waals surface area contributed by atoms with Crippen LogP contribution in [0.15, 0.2) is 53.4 Å². The molecule has 0 bridgehead atoms. The fraction of sp³-hybridized carbons (Fsp3) is 0.435. The Morgan fingerprint density at radius 1 is 1.03 bits per heavy atom. The average Bonchev–Trinajstić information content (AvgIpc) is 2.74. The number of esters is 1. The van der Waals surface area contributed by atoms with Crippen molar-refractivity contribution in [2.24, 2.45) is 0 Å². The van der Waals surface area contributed by atoms with Crippen LogP contribution in [-0.2, 0) is 26.0 Å². The van der Waals surface area contributed by atoms with Gasteiger partial charge in [0.05, 0.1) is 12.0 Å². The summed E-state index contributed by atoms with van der Waals surface area (Å²) in [7, 11) is -2.25. The van der Waals surface area contributed by atoms with E-state index >= 15 is 0 Å². The van der Waals surface area contributed by atoms with E-state index in [9.17, 15) is 13.2 Å². The van der Waals surface area contributed by atoms with Crippen LogP contribution < -0.4 is 4.72 Å². The summed E-state index contributed by atoms with van der Waals surface area (Å²) in [5.41, 5.74) is 2.11. The van der Waals surface area contributed by atoms with Gasteiger partial charge in [0.2, 0.25) is 10.0 Å². The van der Waals surface area contributed by atoms with E-state index in [0.717, 1.165) is 44.1 Å². The molecule has 0 aromatic heterocycles. The maximum absolute atomic E-state index is 12.8. The van der Waals surface area contributed by atoms with Crippen molar-refractivity contribution in [2.45, 2.75) is 62.8 Å². The lowest BCUT2D eigenvalue weighted by Crippen LogP contribution is -2.28. The Kier molecular flexibility index (Phi) is 9.82. The number of halogens is 1. The van der Waals surface area contributed by atoms with Gasteiger partial charge in [-0.1, -0.05) is 55.6 Å². The number of methoxy groups -OCH3 is 1. The Bertz CT molecular complexity index is 896. The minimum atomic E-state index is -3.65. The zero-order valence-corrected chi connectivity index (χ0v) is 19.1. The molecule has 1 N–H and O–H groups in total. The minimum absolute atomic E-state index is 0.183. The highest BCUT2D eigenvalue weighted by molar-refractivity contribution is 7.89. The molecular weight excluding hydrogens is 422 g/mol. The fourth-order valence-corrected chi connectivity index (χ4v) is 4.57. The Labute approximate surface area is 184 Å². The average molecular weight is 452 g/mol. The maximum Gasteiger partial charge on any atom is 0.305 e. The highest BCUT2D eigenvalue weighted by atomic mass is 35.5. The van der Waals surface area contributed by atoms with E-state index in [2.05, 4.69) is 16.4 Å². The minimum Gasteiger partial charge on any atom is -0.469 e. The molecule has 0 saturated carbocycles. The number of hydrogen-bond donors (Lipinski definition) is 1. The van der Waals surface area contributed by atoms with E-state index in [-0.39, 0.29) is 16.9 Å². The molecule has 0 spiro atoms. The maximum atomic E-state index is 12.8. The molecule has 30 heavy (non-hydrogen) atoms. The normalized spacial score (nSPS) is 12.5. The number of nitrogens with one attached hydrogen (secondary N) is 1. The van der Waals surface area contributed by atoms with Crippen molar-refractivity contribution in [3.63, 3.8) is 0 Å². The van der Waals surface area contributed by atoms with Gasteiger partial charge in [-0.15, -0.1) is 0 Å². The second kappa shape index (κ2) is 12.1. The monoisotopic (exact) mass is 451 g/mol. The van der Waals surface area contributed by atoms with E-state index in [0.29, 0.717) is 11.4 Å².